The average molecular weight is 269 g/mol. The van der Waals surface area contributed by atoms with Crippen LogP contribution < -0.4 is 10.5 Å². The van der Waals surface area contributed by atoms with E-state index >= 15 is 0 Å². The maximum atomic E-state index is 5.69. The highest BCUT2D eigenvalue weighted by Gasteiger charge is 2.24. The van der Waals surface area contributed by atoms with Crippen molar-refractivity contribution in [3.05, 3.63) is 29.8 Å². The fourth-order valence-corrected chi connectivity index (χ4v) is 4.75. The third-order valence-electron chi connectivity index (χ3n) is 2.95. The molecule has 1 aromatic carbocycles. The van der Waals surface area contributed by atoms with Crippen molar-refractivity contribution in [1.29, 1.82) is 0 Å². The van der Waals surface area contributed by atoms with Crippen LogP contribution in [0.15, 0.2) is 24.3 Å². The normalized spacial score (nSPS) is 23.9. The topological polar surface area (TPSA) is 35.2 Å². The number of nitrogens with two attached hydrogens (primary N) is 1. The van der Waals surface area contributed by atoms with Gasteiger partial charge in [0, 0.05) is 28.6 Å². The number of benzene rings is 1. The largest absolute Gasteiger partial charge is 0.497 e. The third-order valence-corrected chi connectivity index (χ3v) is 5.94. The quantitative estimate of drug-likeness (QED) is 0.891. The Morgan fingerprint density at radius 2 is 2.18 bits per heavy atom. The molecule has 2 atom stereocenters. The Labute approximate surface area is 112 Å². The van der Waals surface area contributed by atoms with Crippen molar-refractivity contribution in [3.8, 4) is 5.75 Å². The Bertz CT molecular complexity index is 342. The zero-order valence-electron chi connectivity index (χ0n) is 10.1. The number of thioether (sulfide) groups is 2. The minimum atomic E-state index is 0.684. The van der Waals surface area contributed by atoms with Crippen molar-refractivity contribution in [1.82, 2.24) is 0 Å². The lowest BCUT2D eigenvalue weighted by molar-refractivity contribution is 0.414. The first-order chi connectivity index (χ1) is 8.31. The second-order valence-electron chi connectivity index (χ2n) is 4.21. The number of methoxy groups -OCH3 is 1. The van der Waals surface area contributed by atoms with E-state index in [0.29, 0.717) is 5.25 Å². The van der Waals surface area contributed by atoms with Gasteiger partial charge in [0.05, 0.1) is 7.11 Å². The predicted molar refractivity (Wildman–Crippen MR) is 78.0 cm³/mol. The van der Waals surface area contributed by atoms with Crippen molar-refractivity contribution in [3.63, 3.8) is 0 Å². The first-order valence-electron chi connectivity index (χ1n) is 5.88. The summed E-state index contributed by atoms with van der Waals surface area (Å²) in [7, 11) is 1.70. The van der Waals surface area contributed by atoms with Crippen molar-refractivity contribution in [2.24, 2.45) is 5.73 Å². The van der Waals surface area contributed by atoms with Crippen LogP contribution in [-0.4, -0.2) is 29.9 Å². The molecule has 1 aromatic rings. The molecule has 0 amide bonds. The summed E-state index contributed by atoms with van der Waals surface area (Å²) >= 11 is 4.08. The molecule has 1 fully saturated rings. The molecule has 0 spiro atoms. The summed E-state index contributed by atoms with van der Waals surface area (Å²) in [5.41, 5.74) is 7.06. The van der Waals surface area contributed by atoms with Gasteiger partial charge in [-0.2, -0.15) is 23.5 Å². The second-order valence-corrected chi connectivity index (χ2v) is 6.83. The molecule has 2 N–H and O–H groups in total. The van der Waals surface area contributed by atoms with Gasteiger partial charge in [0.25, 0.3) is 0 Å². The van der Waals surface area contributed by atoms with Crippen LogP contribution in [-0.2, 0) is 5.75 Å². The van der Waals surface area contributed by atoms with E-state index in [1.165, 1.54) is 17.7 Å². The molecule has 0 saturated carbocycles. The molecule has 17 heavy (non-hydrogen) atoms. The Hall–Kier alpha value is -0.320. The summed E-state index contributed by atoms with van der Waals surface area (Å²) in [4.78, 5) is 0. The van der Waals surface area contributed by atoms with Gasteiger partial charge in [0.15, 0.2) is 0 Å². The molecule has 1 aliphatic heterocycles. The molecule has 0 radical (unpaired) electrons. The molecule has 2 nitrogen and oxygen atoms in total. The van der Waals surface area contributed by atoms with Crippen LogP contribution in [0.3, 0.4) is 0 Å². The van der Waals surface area contributed by atoms with Crippen molar-refractivity contribution >= 4 is 23.5 Å². The minimum Gasteiger partial charge on any atom is -0.497 e. The van der Waals surface area contributed by atoms with Gasteiger partial charge in [0.1, 0.15) is 5.75 Å². The molecule has 1 aliphatic rings. The molecular formula is C13H19NOS2. The Morgan fingerprint density at radius 1 is 1.41 bits per heavy atom. The number of ether oxygens (including phenoxy) is 1. The van der Waals surface area contributed by atoms with Gasteiger partial charge in [-0.05, 0) is 24.1 Å². The molecule has 1 saturated heterocycles. The van der Waals surface area contributed by atoms with Gasteiger partial charge in [-0.1, -0.05) is 12.1 Å². The number of hydrogen-bond acceptors (Lipinski definition) is 4. The van der Waals surface area contributed by atoms with Crippen LogP contribution in [0.1, 0.15) is 12.0 Å². The molecule has 94 valence electrons. The highest BCUT2D eigenvalue weighted by molar-refractivity contribution is 8.04. The van der Waals surface area contributed by atoms with E-state index in [4.69, 9.17) is 10.5 Å². The highest BCUT2D eigenvalue weighted by Crippen LogP contribution is 2.35. The van der Waals surface area contributed by atoms with Crippen LogP contribution in [0.2, 0.25) is 0 Å². The van der Waals surface area contributed by atoms with E-state index < -0.39 is 0 Å². The van der Waals surface area contributed by atoms with E-state index in [0.717, 1.165) is 23.3 Å². The molecule has 4 heteroatoms. The van der Waals surface area contributed by atoms with Crippen LogP contribution in [0.5, 0.6) is 5.75 Å². The summed E-state index contributed by atoms with van der Waals surface area (Å²) < 4.78 is 5.15. The minimum absolute atomic E-state index is 0.684. The van der Waals surface area contributed by atoms with E-state index in [-0.39, 0.29) is 0 Å². The smallest absolute Gasteiger partial charge is 0.118 e. The van der Waals surface area contributed by atoms with Crippen LogP contribution in [0.25, 0.3) is 0 Å². The first kappa shape index (κ1) is 13.1. The second kappa shape index (κ2) is 6.57. The fourth-order valence-electron chi connectivity index (χ4n) is 1.89. The fraction of sp³-hybridized carbons (Fsp3) is 0.538. The van der Waals surface area contributed by atoms with Crippen molar-refractivity contribution in [2.75, 3.05) is 19.4 Å². The number of rotatable bonds is 5. The van der Waals surface area contributed by atoms with Crippen LogP contribution >= 0.6 is 23.5 Å². The van der Waals surface area contributed by atoms with E-state index in [1.54, 1.807) is 7.11 Å². The van der Waals surface area contributed by atoms with Gasteiger partial charge in [-0.25, -0.2) is 0 Å². The highest BCUT2D eigenvalue weighted by atomic mass is 32.2. The number of hydrogen-bond donors (Lipinski definition) is 1. The molecule has 2 unspecified atom stereocenters. The summed E-state index contributed by atoms with van der Waals surface area (Å²) in [6.07, 6.45) is 1.27. The maximum Gasteiger partial charge on any atom is 0.118 e. The van der Waals surface area contributed by atoms with E-state index in [9.17, 15) is 0 Å². The third kappa shape index (κ3) is 3.83. The van der Waals surface area contributed by atoms with Gasteiger partial charge < -0.3 is 10.5 Å². The zero-order chi connectivity index (χ0) is 12.1. The van der Waals surface area contributed by atoms with Gasteiger partial charge in [-0.15, -0.1) is 0 Å². The molecular weight excluding hydrogens is 250 g/mol. The predicted octanol–water partition coefficient (Wildman–Crippen LogP) is 2.76. The average Bonchev–Trinajstić information content (AvgIpc) is 2.85. The zero-order valence-corrected chi connectivity index (χ0v) is 11.7. The Morgan fingerprint density at radius 3 is 2.76 bits per heavy atom. The van der Waals surface area contributed by atoms with Crippen LogP contribution in [0, 0.1) is 0 Å². The monoisotopic (exact) mass is 269 g/mol. The maximum absolute atomic E-state index is 5.69. The molecule has 0 aromatic heterocycles. The lowest BCUT2D eigenvalue weighted by Gasteiger charge is -2.09. The summed E-state index contributed by atoms with van der Waals surface area (Å²) in [6, 6.07) is 8.35. The van der Waals surface area contributed by atoms with Gasteiger partial charge >= 0.3 is 0 Å². The Balaban J connectivity index is 1.78. The van der Waals surface area contributed by atoms with Gasteiger partial charge in [-0.3, -0.25) is 0 Å². The lowest BCUT2D eigenvalue weighted by atomic mass is 10.2. The van der Waals surface area contributed by atoms with E-state index in [1.807, 2.05) is 23.9 Å². The Kier molecular flexibility index (Phi) is 5.07. The SMILES string of the molecule is COc1ccc(CSC2CSC(CN)C2)cc1. The summed E-state index contributed by atoms with van der Waals surface area (Å²) in [5.74, 6) is 3.27. The van der Waals surface area contributed by atoms with Crippen molar-refractivity contribution in [2.45, 2.75) is 22.7 Å². The summed E-state index contributed by atoms with van der Waals surface area (Å²) in [6.45, 7) is 0.824. The van der Waals surface area contributed by atoms with Crippen LogP contribution in [0.4, 0.5) is 0 Å². The van der Waals surface area contributed by atoms with Crippen molar-refractivity contribution < 1.29 is 4.74 Å². The van der Waals surface area contributed by atoms with E-state index in [2.05, 4.69) is 23.9 Å². The summed E-state index contributed by atoms with van der Waals surface area (Å²) in [5, 5.41) is 1.46. The lowest BCUT2D eigenvalue weighted by Crippen LogP contribution is -2.14. The molecule has 1 heterocycles. The molecule has 2 rings (SSSR count). The molecule has 0 aliphatic carbocycles. The standard InChI is InChI=1S/C13H19NOS2/c1-15-11-4-2-10(3-5-11)8-16-13-6-12(7-14)17-9-13/h2-5,12-13H,6-9,14H2,1H3. The first-order valence-corrected chi connectivity index (χ1v) is 7.97. The molecule has 0 bridgehead atoms. The van der Waals surface area contributed by atoms with Gasteiger partial charge in [0.2, 0.25) is 0 Å².